The lowest BCUT2D eigenvalue weighted by molar-refractivity contribution is -0.120. The lowest BCUT2D eigenvalue weighted by Gasteiger charge is -2.20. The molecule has 0 radical (unpaired) electrons. The molecule has 2 amide bonds. The van der Waals surface area contributed by atoms with Gasteiger partial charge in [-0.25, -0.2) is 9.38 Å². The van der Waals surface area contributed by atoms with Crippen LogP contribution in [0, 0.1) is 5.82 Å². The van der Waals surface area contributed by atoms with Crippen LogP contribution < -0.4 is 10.2 Å². The van der Waals surface area contributed by atoms with E-state index in [0.717, 1.165) is 24.8 Å². The summed E-state index contributed by atoms with van der Waals surface area (Å²) in [5.41, 5.74) is 1.67. The Bertz CT molecular complexity index is 973. The molecular weight excluding hydrogens is 389 g/mol. The Balaban J connectivity index is 1.69. The van der Waals surface area contributed by atoms with Gasteiger partial charge in [0.05, 0.1) is 10.9 Å². The molecule has 1 saturated heterocycles. The molecule has 2 aliphatic heterocycles. The number of aliphatic imine (C=N–C) groups is 1. The molecule has 1 fully saturated rings. The van der Waals surface area contributed by atoms with Crippen molar-refractivity contribution in [1.82, 2.24) is 5.32 Å². The Labute approximate surface area is 172 Å². The molecule has 2 aromatic carbocycles. The van der Waals surface area contributed by atoms with Crippen molar-refractivity contribution in [3.63, 3.8) is 0 Å². The summed E-state index contributed by atoms with van der Waals surface area (Å²) in [5, 5.41) is 3.03. The van der Waals surface area contributed by atoms with Gasteiger partial charge in [-0.15, -0.1) is 0 Å². The van der Waals surface area contributed by atoms with Gasteiger partial charge >= 0.3 is 0 Å². The van der Waals surface area contributed by atoms with Crippen LogP contribution in [0.1, 0.15) is 24.8 Å². The molecule has 29 heavy (non-hydrogen) atoms. The van der Waals surface area contributed by atoms with Crippen LogP contribution in [0.4, 0.5) is 10.1 Å². The van der Waals surface area contributed by atoms with Crippen LogP contribution in [-0.2, 0) is 9.59 Å². The van der Waals surface area contributed by atoms with Gasteiger partial charge in [-0.05, 0) is 48.7 Å². The Morgan fingerprint density at radius 3 is 2.59 bits per heavy atom. The second kappa shape index (κ2) is 8.61. The predicted octanol–water partition coefficient (Wildman–Crippen LogP) is 3.97. The Morgan fingerprint density at radius 2 is 1.83 bits per heavy atom. The van der Waals surface area contributed by atoms with Crippen molar-refractivity contribution in [2.75, 3.05) is 11.4 Å². The first-order valence-corrected chi connectivity index (χ1v) is 10.4. The third-order valence-corrected chi connectivity index (χ3v) is 5.97. The Hall–Kier alpha value is -2.93. The van der Waals surface area contributed by atoms with Crippen molar-refractivity contribution in [2.24, 2.45) is 4.99 Å². The molecule has 7 heteroatoms. The molecule has 2 heterocycles. The number of rotatable bonds is 3. The molecule has 0 aliphatic carbocycles. The highest BCUT2D eigenvalue weighted by atomic mass is 32.2. The number of amidine groups is 1. The summed E-state index contributed by atoms with van der Waals surface area (Å²) in [6.45, 7) is 0.669. The summed E-state index contributed by atoms with van der Waals surface area (Å²) in [6, 6.07) is 15.2. The van der Waals surface area contributed by atoms with Crippen molar-refractivity contribution in [3.05, 3.63) is 71.7 Å². The first-order chi connectivity index (χ1) is 14.1. The number of halogens is 1. The minimum atomic E-state index is -0.380. The maximum Gasteiger partial charge on any atom is 0.283 e. The van der Waals surface area contributed by atoms with E-state index in [1.54, 1.807) is 18.2 Å². The molecule has 0 saturated carbocycles. The van der Waals surface area contributed by atoms with E-state index in [0.29, 0.717) is 17.4 Å². The van der Waals surface area contributed by atoms with E-state index < -0.39 is 0 Å². The smallest absolute Gasteiger partial charge is 0.283 e. The normalized spacial score (nSPS) is 21.1. The lowest BCUT2D eigenvalue weighted by atomic mass is 10.2. The molecule has 0 bridgehead atoms. The van der Waals surface area contributed by atoms with Crippen LogP contribution >= 0.6 is 11.8 Å². The monoisotopic (exact) mass is 409 g/mol. The number of amides is 2. The number of hydrogen-bond acceptors (Lipinski definition) is 4. The van der Waals surface area contributed by atoms with E-state index in [-0.39, 0.29) is 28.6 Å². The largest absolute Gasteiger partial charge is 0.355 e. The number of nitrogens with one attached hydrogen (secondary N) is 1. The molecule has 1 N–H and O–H groups in total. The second-order valence-corrected chi connectivity index (χ2v) is 8.01. The number of benzene rings is 2. The highest BCUT2D eigenvalue weighted by Crippen LogP contribution is 2.33. The molecular formula is C22H20FN3O2S. The summed E-state index contributed by atoms with van der Waals surface area (Å²) in [6.07, 6.45) is 4.31. The highest BCUT2D eigenvalue weighted by molar-refractivity contribution is 8.15. The summed E-state index contributed by atoms with van der Waals surface area (Å²) in [7, 11) is 0. The maximum absolute atomic E-state index is 13.4. The first-order valence-electron chi connectivity index (χ1n) is 9.51. The van der Waals surface area contributed by atoms with Gasteiger partial charge in [0, 0.05) is 6.54 Å². The van der Waals surface area contributed by atoms with E-state index in [4.69, 9.17) is 0 Å². The average molecular weight is 409 g/mol. The van der Waals surface area contributed by atoms with Crippen LogP contribution in [0.15, 0.2) is 65.3 Å². The van der Waals surface area contributed by atoms with Crippen molar-refractivity contribution in [3.8, 4) is 0 Å². The molecule has 2 aliphatic rings. The molecule has 148 valence electrons. The summed E-state index contributed by atoms with van der Waals surface area (Å²) in [5.74, 6) is -0.714. The minimum Gasteiger partial charge on any atom is -0.355 e. The van der Waals surface area contributed by atoms with Gasteiger partial charge in [-0.2, -0.15) is 0 Å². The maximum atomic E-state index is 13.4. The van der Waals surface area contributed by atoms with Gasteiger partial charge in [0.15, 0.2) is 5.17 Å². The molecule has 4 rings (SSSR count). The van der Waals surface area contributed by atoms with E-state index >= 15 is 0 Å². The quantitative estimate of drug-likeness (QED) is 0.781. The highest BCUT2D eigenvalue weighted by Gasteiger charge is 2.35. The van der Waals surface area contributed by atoms with Crippen molar-refractivity contribution >= 4 is 40.5 Å². The van der Waals surface area contributed by atoms with Gasteiger partial charge in [0.2, 0.25) is 5.91 Å². The van der Waals surface area contributed by atoms with Crippen molar-refractivity contribution in [1.29, 1.82) is 0 Å². The van der Waals surface area contributed by atoms with E-state index in [9.17, 15) is 14.0 Å². The fraction of sp³-hybridized carbons (Fsp3) is 0.227. The average Bonchev–Trinajstić information content (AvgIpc) is 2.88. The second-order valence-electron chi connectivity index (χ2n) is 6.84. The van der Waals surface area contributed by atoms with Gasteiger partial charge in [-0.1, -0.05) is 48.5 Å². The minimum absolute atomic E-state index is 0.0396. The topological polar surface area (TPSA) is 61.8 Å². The van der Waals surface area contributed by atoms with Gasteiger partial charge in [-0.3, -0.25) is 14.5 Å². The summed E-state index contributed by atoms with van der Waals surface area (Å²) in [4.78, 5) is 31.5. The standard InChI is InChI=1S/C22H20FN3O2S/c23-16-9-11-17(12-10-16)26-21(28)18(14-15-6-2-1-3-7-15)25-22(26)29-19-8-4-5-13-24-20(19)27/h1-3,6-7,9-12,14,19H,4-5,8,13H2,(H,24,27)/b18-14-/t19-/m0/s1. The Morgan fingerprint density at radius 1 is 1.07 bits per heavy atom. The lowest BCUT2D eigenvalue weighted by Crippen LogP contribution is -2.35. The predicted molar refractivity (Wildman–Crippen MR) is 114 cm³/mol. The number of hydrogen-bond donors (Lipinski definition) is 1. The zero-order valence-electron chi connectivity index (χ0n) is 15.7. The third-order valence-electron chi connectivity index (χ3n) is 4.75. The SMILES string of the molecule is O=C1NCCCC[C@@H]1SC1=N/C(=C\c2ccccc2)C(=O)N1c1ccc(F)cc1. The van der Waals surface area contributed by atoms with Crippen LogP contribution in [0.3, 0.4) is 0 Å². The van der Waals surface area contributed by atoms with E-state index in [2.05, 4.69) is 10.3 Å². The number of anilines is 1. The van der Waals surface area contributed by atoms with Crippen molar-refractivity contribution in [2.45, 2.75) is 24.5 Å². The molecule has 2 aromatic rings. The summed E-state index contributed by atoms with van der Waals surface area (Å²) < 4.78 is 13.4. The molecule has 0 unspecified atom stereocenters. The van der Waals surface area contributed by atoms with Gasteiger partial charge < -0.3 is 5.32 Å². The molecule has 1 atom stereocenters. The van der Waals surface area contributed by atoms with E-state index in [1.165, 1.54) is 28.8 Å². The third kappa shape index (κ3) is 4.40. The number of nitrogens with zero attached hydrogens (tertiary/aromatic N) is 2. The first kappa shape index (κ1) is 19.4. The van der Waals surface area contributed by atoms with Crippen LogP contribution in [0.2, 0.25) is 0 Å². The molecule has 0 spiro atoms. The van der Waals surface area contributed by atoms with Crippen LogP contribution in [0.25, 0.3) is 6.08 Å². The summed E-state index contributed by atoms with van der Waals surface area (Å²) >= 11 is 1.28. The van der Waals surface area contributed by atoms with Crippen molar-refractivity contribution < 1.29 is 14.0 Å². The van der Waals surface area contributed by atoms with Gasteiger partial charge in [0.25, 0.3) is 5.91 Å². The Kier molecular flexibility index (Phi) is 5.76. The zero-order chi connectivity index (χ0) is 20.2. The number of carbonyl (C=O) groups is 2. The van der Waals surface area contributed by atoms with Crippen LogP contribution in [-0.4, -0.2) is 28.8 Å². The van der Waals surface area contributed by atoms with E-state index in [1.807, 2.05) is 30.3 Å². The zero-order valence-corrected chi connectivity index (χ0v) is 16.5. The fourth-order valence-electron chi connectivity index (χ4n) is 3.25. The molecule has 5 nitrogen and oxygen atoms in total. The fourth-order valence-corrected chi connectivity index (χ4v) is 4.43. The molecule has 0 aromatic heterocycles. The number of carbonyl (C=O) groups excluding carboxylic acids is 2. The van der Waals surface area contributed by atoms with Gasteiger partial charge in [0.1, 0.15) is 11.5 Å². The van der Waals surface area contributed by atoms with Crippen LogP contribution in [0.5, 0.6) is 0 Å². The number of thioether (sulfide) groups is 1.